The number of hydrogen-bond donors (Lipinski definition) is 3. The van der Waals surface area contributed by atoms with Crippen LogP contribution in [0.1, 0.15) is 32.1 Å². The van der Waals surface area contributed by atoms with E-state index in [0.29, 0.717) is 12.3 Å². The third kappa shape index (κ3) is 4.58. The highest BCUT2D eigenvalue weighted by molar-refractivity contribution is 5.74. The van der Waals surface area contributed by atoms with E-state index < -0.39 is 17.0 Å². The average molecular weight is 334 g/mol. The molecule has 6 heteroatoms. The Bertz CT molecular complexity index is 681. The number of carbonyl (C=O) groups is 1. The van der Waals surface area contributed by atoms with E-state index in [4.69, 9.17) is 4.42 Å². The van der Waals surface area contributed by atoms with Crippen molar-refractivity contribution in [2.24, 2.45) is 0 Å². The molecular formula is C18H23FN2O3. The fraction of sp³-hybridized carbons (Fsp3) is 0.389. The molecule has 2 rings (SSSR count). The van der Waals surface area contributed by atoms with Gasteiger partial charge in [-0.3, -0.25) is 0 Å². The van der Waals surface area contributed by atoms with E-state index in [1.165, 1.54) is 18.4 Å². The van der Waals surface area contributed by atoms with Crippen molar-refractivity contribution in [3.63, 3.8) is 0 Å². The number of hydrogen-bond acceptors (Lipinski definition) is 3. The highest BCUT2D eigenvalue weighted by Crippen LogP contribution is 2.23. The molecule has 0 saturated heterocycles. The van der Waals surface area contributed by atoms with Crippen LogP contribution in [-0.2, 0) is 11.0 Å². The van der Waals surface area contributed by atoms with Crippen LogP contribution in [0.4, 0.5) is 9.18 Å². The molecule has 0 saturated carbocycles. The van der Waals surface area contributed by atoms with Crippen molar-refractivity contribution < 1.29 is 18.7 Å². The fourth-order valence-corrected chi connectivity index (χ4v) is 2.30. The quantitative estimate of drug-likeness (QED) is 0.760. The summed E-state index contributed by atoms with van der Waals surface area (Å²) < 4.78 is 18.5. The molecule has 1 unspecified atom stereocenters. The zero-order valence-corrected chi connectivity index (χ0v) is 14.1. The first-order valence-corrected chi connectivity index (χ1v) is 7.75. The lowest BCUT2D eigenvalue weighted by Crippen LogP contribution is -2.46. The van der Waals surface area contributed by atoms with Crippen molar-refractivity contribution in [1.29, 1.82) is 0 Å². The number of carbonyl (C=O) groups excluding carboxylic acids is 1. The summed E-state index contributed by atoms with van der Waals surface area (Å²) in [7, 11) is 0. The van der Waals surface area contributed by atoms with Gasteiger partial charge in [0.25, 0.3) is 0 Å². The van der Waals surface area contributed by atoms with Crippen molar-refractivity contribution in [2.75, 3.05) is 13.1 Å². The number of rotatable bonds is 6. The second-order valence-electron chi connectivity index (χ2n) is 6.68. The topological polar surface area (TPSA) is 74.5 Å². The number of halogens is 1. The second-order valence-corrected chi connectivity index (χ2v) is 6.68. The normalized spacial score (nSPS) is 14.0. The van der Waals surface area contributed by atoms with Crippen molar-refractivity contribution in [3.05, 3.63) is 59.8 Å². The van der Waals surface area contributed by atoms with Crippen LogP contribution in [0.15, 0.2) is 47.1 Å². The Morgan fingerprint density at radius 3 is 2.50 bits per heavy atom. The highest BCUT2D eigenvalue weighted by atomic mass is 19.1. The standard InChI is InChI=1S/C18H23FN2O3/c1-17(2,13-6-4-7-14(19)10-13)11-20-16(22)21-12-18(3,23)15-8-5-9-24-15/h4-10,23H,11-12H2,1-3H3,(H2,20,21,22). The van der Waals surface area contributed by atoms with E-state index >= 15 is 0 Å². The molecule has 1 atom stereocenters. The zero-order valence-electron chi connectivity index (χ0n) is 14.1. The summed E-state index contributed by atoms with van der Waals surface area (Å²) in [4.78, 5) is 12.0. The van der Waals surface area contributed by atoms with E-state index in [2.05, 4.69) is 10.6 Å². The summed E-state index contributed by atoms with van der Waals surface area (Å²) in [5.41, 5.74) is -0.924. The van der Waals surface area contributed by atoms with Crippen molar-refractivity contribution in [2.45, 2.75) is 31.8 Å². The highest BCUT2D eigenvalue weighted by Gasteiger charge is 2.27. The Kier molecular flexibility index (Phi) is 5.29. The number of furan rings is 1. The average Bonchev–Trinajstić information content (AvgIpc) is 3.06. The van der Waals surface area contributed by atoms with Gasteiger partial charge in [-0.2, -0.15) is 0 Å². The van der Waals surface area contributed by atoms with Crippen LogP contribution < -0.4 is 10.6 Å². The first-order chi connectivity index (χ1) is 11.2. The molecule has 5 nitrogen and oxygen atoms in total. The molecule has 0 fully saturated rings. The summed E-state index contributed by atoms with van der Waals surface area (Å²) in [5.74, 6) is 0.0717. The molecule has 0 radical (unpaired) electrons. The summed E-state index contributed by atoms with van der Waals surface area (Å²) in [6.45, 7) is 5.73. The summed E-state index contributed by atoms with van der Waals surface area (Å²) in [6, 6.07) is 9.22. The van der Waals surface area contributed by atoms with Gasteiger partial charge >= 0.3 is 6.03 Å². The molecule has 0 aliphatic rings. The van der Waals surface area contributed by atoms with Crippen LogP contribution in [0.25, 0.3) is 0 Å². The van der Waals surface area contributed by atoms with Gasteiger partial charge in [0.05, 0.1) is 12.8 Å². The number of nitrogens with one attached hydrogen (secondary N) is 2. The molecule has 0 spiro atoms. The van der Waals surface area contributed by atoms with E-state index in [0.717, 1.165) is 5.56 Å². The van der Waals surface area contributed by atoms with Crippen molar-refractivity contribution in [3.8, 4) is 0 Å². The number of benzene rings is 1. The van der Waals surface area contributed by atoms with Gasteiger partial charge in [0.15, 0.2) is 0 Å². The maximum atomic E-state index is 13.3. The second kappa shape index (κ2) is 7.05. The first-order valence-electron chi connectivity index (χ1n) is 7.75. The predicted molar refractivity (Wildman–Crippen MR) is 89.1 cm³/mol. The van der Waals surface area contributed by atoms with Gasteiger partial charge in [-0.15, -0.1) is 0 Å². The van der Waals surface area contributed by atoms with Gasteiger partial charge in [-0.05, 0) is 36.8 Å². The minimum atomic E-state index is -1.29. The molecule has 0 aliphatic carbocycles. The van der Waals surface area contributed by atoms with Gasteiger partial charge in [0.1, 0.15) is 17.2 Å². The van der Waals surface area contributed by atoms with Crippen molar-refractivity contribution in [1.82, 2.24) is 10.6 Å². The minimum absolute atomic E-state index is 0.00669. The molecular weight excluding hydrogens is 311 g/mol. The molecule has 2 amide bonds. The third-order valence-electron chi connectivity index (χ3n) is 3.94. The maximum Gasteiger partial charge on any atom is 0.314 e. The zero-order chi connectivity index (χ0) is 17.8. The number of urea groups is 1. The van der Waals surface area contributed by atoms with Gasteiger partial charge in [0, 0.05) is 12.0 Å². The monoisotopic (exact) mass is 334 g/mol. The molecule has 3 N–H and O–H groups in total. The van der Waals surface area contributed by atoms with Gasteiger partial charge in [-0.25, -0.2) is 9.18 Å². The van der Waals surface area contributed by atoms with Gasteiger partial charge in [-0.1, -0.05) is 26.0 Å². The van der Waals surface area contributed by atoms with E-state index in [-0.39, 0.29) is 12.4 Å². The lowest BCUT2D eigenvalue weighted by Gasteiger charge is -2.26. The molecule has 24 heavy (non-hydrogen) atoms. The van der Waals surface area contributed by atoms with Crippen LogP contribution in [0.3, 0.4) is 0 Å². The molecule has 130 valence electrons. The SMILES string of the molecule is CC(C)(CNC(=O)NCC(C)(O)c1ccco1)c1cccc(F)c1. The Hall–Kier alpha value is -2.34. The Labute approximate surface area is 140 Å². The number of amides is 2. The molecule has 2 aromatic rings. The minimum Gasteiger partial charge on any atom is -0.466 e. The number of aliphatic hydroxyl groups is 1. The molecule has 1 aromatic carbocycles. The fourth-order valence-electron chi connectivity index (χ4n) is 2.30. The van der Waals surface area contributed by atoms with Crippen LogP contribution in [0.2, 0.25) is 0 Å². The van der Waals surface area contributed by atoms with Crippen LogP contribution in [0, 0.1) is 5.82 Å². The lowest BCUT2D eigenvalue weighted by molar-refractivity contribution is 0.0367. The maximum absolute atomic E-state index is 13.3. The summed E-state index contributed by atoms with van der Waals surface area (Å²) in [5, 5.41) is 15.6. The summed E-state index contributed by atoms with van der Waals surface area (Å²) in [6.07, 6.45) is 1.46. The van der Waals surface area contributed by atoms with Crippen LogP contribution in [-0.4, -0.2) is 24.2 Å². The third-order valence-corrected chi connectivity index (χ3v) is 3.94. The molecule has 0 aliphatic heterocycles. The molecule has 1 aromatic heterocycles. The lowest BCUT2D eigenvalue weighted by atomic mass is 9.84. The van der Waals surface area contributed by atoms with Gasteiger partial charge < -0.3 is 20.2 Å². The smallest absolute Gasteiger partial charge is 0.314 e. The van der Waals surface area contributed by atoms with E-state index in [1.807, 2.05) is 19.9 Å². The Morgan fingerprint density at radius 1 is 1.17 bits per heavy atom. The predicted octanol–water partition coefficient (Wildman–Crippen LogP) is 2.90. The molecule has 0 bridgehead atoms. The van der Waals surface area contributed by atoms with Gasteiger partial charge in [0.2, 0.25) is 0 Å². The van der Waals surface area contributed by atoms with E-state index in [1.54, 1.807) is 25.1 Å². The van der Waals surface area contributed by atoms with E-state index in [9.17, 15) is 14.3 Å². The Morgan fingerprint density at radius 2 is 1.88 bits per heavy atom. The largest absolute Gasteiger partial charge is 0.466 e. The first kappa shape index (κ1) is 18.0. The summed E-state index contributed by atoms with van der Waals surface area (Å²) >= 11 is 0. The van der Waals surface area contributed by atoms with Crippen LogP contribution in [0.5, 0.6) is 0 Å². The van der Waals surface area contributed by atoms with Crippen molar-refractivity contribution >= 4 is 6.03 Å². The molecule has 1 heterocycles. The van der Waals surface area contributed by atoms with Crippen LogP contribution >= 0.6 is 0 Å². The Balaban J connectivity index is 1.86.